The summed E-state index contributed by atoms with van der Waals surface area (Å²) in [5, 5.41) is 6.27. The Kier molecular flexibility index (Phi) is 13.1. The van der Waals surface area contributed by atoms with Crippen molar-refractivity contribution in [2.24, 2.45) is 11.3 Å². The fraction of sp³-hybridized carbons (Fsp3) is 0.594. The normalized spacial score (nSPS) is 15.1. The van der Waals surface area contributed by atoms with Crippen molar-refractivity contribution in [3.05, 3.63) is 59.7 Å². The lowest BCUT2D eigenvalue weighted by atomic mass is 9.76. The largest absolute Gasteiger partial charge is 0.466 e. The van der Waals surface area contributed by atoms with Crippen molar-refractivity contribution in [1.29, 1.82) is 0 Å². The van der Waals surface area contributed by atoms with Crippen molar-refractivity contribution < 1.29 is 19.1 Å². The van der Waals surface area contributed by atoms with Gasteiger partial charge in [0.15, 0.2) is 0 Å². The lowest BCUT2D eigenvalue weighted by Gasteiger charge is -2.40. The van der Waals surface area contributed by atoms with Gasteiger partial charge in [-0.15, -0.1) is 0 Å². The van der Waals surface area contributed by atoms with Crippen LogP contribution < -0.4 is 10.6 Å². The van der Waals surface area contributed by atoms with Crippen LogP contribution >= 0.6 is 0 Å². The molecular formula is C32H51N3O4. The minimum Gasteiger partial charge on any atom is -0.466 e. The Labute approximate surface area is 236 Å². The third kappa shape index (κ3) is 9.95. The van der Waals surface area contributed by atoms with Gasteiger partial charge in [0.1, 0.15) is 6.04 Å². The van der Waals surface area contributed by atoms with Crippen LogP contribution in [0.1, 0.15) is 74.3 Å². The van der Waals surface area contributed by atoms with E-state index in [4.69, 9.17) is 4.74 Å². The average Bonchev–Trinajstić information content (AvgIpc) is 2.85. The summed E-state index contributed by atoms with van der Waals surface area (Å²) < 4.78 is 4.97. The third-order valence-corrected chi connectivity index (χ3v) is 7.07. The minimum atomic E-state index is -0.730. The number of nitrogens with one attached hydrogen (secondary N) is 2. The van der Waals surface area contributed by atoms with Crippen LogP contribution in [0, 0.1) is 11.3 Å². The van der Waals surface area contributed by atoms with Gasteiger partial charge in [-0.3, -0.25) is 14.4 Å². The number of esters is 1. The first-order chi connectivity index (χ1) is 18.1. The first kappa shape index (κ1) is 34.1. The second-order valence-electron chi connectivity index (χ2n) is 12.1. The Hall–Kier alpha value is -2.93. The first-order valence-corrected chi connectivity index (χ1v) is 13.9. The van der Waals surface area contributed by atoms with Gasteiger partial charge in [-0.1, -0.05) is 103 Å². The maximum atomic E-state index is 13.9. The van der Waals surface area contributed by atoms with Crippen molar-refractivity contribution in [2.45, 2.75) is 92.3 Å². The molecule has 0 bridgehead atoms. The molecule has 1 rings (SSSR count). The van der Waals surface area contributed by atoms with Crippen LogP contribution in [-0.4, -0.2) is 61.5 Å². The molecule has 0 unspecified atom stereocenters. The second-order valence-corrected chi connectivity index (χ2v) is 12.1. The number of carbonyl (C=O) groups excluding carboxylic acids is 3. The van der Waals surface area contributed by atoms with E-state index in [2.05, 4.69) is 24.5 Å². The highest BCUT2D eigenvalue weighted by molar-refractivity contribution is 5.91. The number of hydrogen-bond acceptors (Lipinski definition) is 5. The van der Waals surface area contributed by atoms with Crippen LogP contribution in [0.2, 0.25) is 0 Å². The number of nitrogens with zero attached hydrogens (tertiary/aromatic N) is 1. The van der Waals surface area contributed by atoms with E-state index in [0.29, 0.717) is 6.61 Å². The fourth-order valence-electron chi connectivity index (χ4n) is 4.72. The zero-order chi connectivity index (χ0) is 30.0. The quantitative estimate of drug-likeness (QED) is 0.270. The van der Waals surface area contributed by atoms with Gasteiger partial charge in [0, 0.05) is 12.5 Å². The molecule has 2 amide bonds. The minimum absolute atomic E-state index is 0.130. The van der Waals surface area contributed by atoms with E-state index in [0.717, 1.165) is 11.1 Å². The summed E-state index contributed by atoms with van der Waals surface area (Å²) in [5.41, 5.74) is 0.949. The fourth-order valence-corrected chi connectivity index (χ4v) is 4.72. The molecule has 3 atom stereocenters. The zero-order valence-electron chi connectivity index (χ0n) is 25.9. The number of ether oxygens (including phenoxy) is 1. The number of likely N-dealkylation sites (N-methyl/N-ethyl adjacent to an activating group) is 2. The Balaban J connectivity index is 3.20. The molecule has 7 heteroatoms. The average molecular weight is 542 g/mol. The lowest BCUT2D eigenvalue weighted by Crippen LogP contribution is -2.61. The van der Waals surface area contributed by atoms with Crippen LogP contribution in [-0.2, 0) is 24.5 Å². The van der Waals surface area contributed by atoms with Crippen LogP contribution in [0.5, 0.6) is 0 Å². The molecule has 0 saturated carbocycles. The van der Waals surface area contributed by atoms with Gasteiger partial charge in [-0.05, 0) is 37.8 Å². The standard InChI is InChI=1S/C32H51N3O4/c1-12-39-26(36)20-16-17-23(4)21-25(22(2)3)35(11)30(38)28(31(5,6)7)34-29(37)27(33-10)32(8,9)24-18-14-13-15-19-24/h13-19,21-22,25,27-28,33H,12,20H2,1-11H3,(H,34,37)/b17-16+,23-21+/t25-,27-,28-/m1/s1. The highest BCUT2D eigenvalue weighted by atomic mass is 16.5. The van der Waals surface area contributed by atoms with E-state index in [-0.39, 0.29) is 36.2 Å². The van der Waals surface area contributed by atoms with Crippen molar-refractivity contribution in [3.63, 3.8) is 0 Å². The molecule has 39 heavy (non-hydrogen) atoms. The van der Waals surface area contributed by atoms with E-state index in [1.165, 1.54) is 0 Å². The number of amides is 2. The molecule has 0 heterocycles. The van der Waals surface area contributed by atoms with Gasteiger partial charge in [-0.25, -0.2) is 0 Å². The summed E-state index contributed by atoms with van der Waals surface area (Å²) in [4.78, 5) is 41.0. The van der Waals surface area contributed by atoms with Gasteiger partial charge >= 0.3 is 5.97 Å². The maximum Gasteiger partial charge on any atom is 0.309 e. The highest BCUT2D eigenvalue weighted by Gasteiger charge is 2.41. The summed E-state index contributed by atoms with van der Waals surface area (Å²) in [6, 6.07) is 8.43. The number of allylic oxidation sites excluding steroid dienone is 2. The number of carbonyl (C=O) groups is 3. The summed E-state index contributed by atoms with van der Waals surface area (Å²) in [7, 11) is 3.56. The first-order valence-electron chi connectivity index (χ1n) is 13.9. The Morgan fingerprint density at radius 3 is 2.10 bits per heavy atom. The topological polar surface area (TPSA) is 87.7 Å². The molecule has 0 aliphatic carbocycles. The summed E-state index contributed by atoms with van der Waals surface area (Å²) >= 11 is 0. The van der Waals surface area contributed by atoms with Crippen LogP contribution in [0.15, 0.2) is 54.1 Å². The Morgan fingerprint density at radius 2 is 1.62 bits per heavy atom. The highest BCUT2D eigenvalue weighted by Crippen LogP contribution is 2.29. The SMILES string of the molecule is CCOC(=O)C/C=C/C(C)=C/[C@H](C(C)C)N(C)C(=O)[C@@H](NC(=O)[C@@H](NC)C(C)(C)c1ccccc1)C(C)(C)C. The van der Waals surface area contributed by atoms with E-state index < -0.39 is 22.9 Å². The zero-order valence-corrected chi connectivity index (χ0v) is 25.9. The molecule has 218 valence electrons. The van der Waals surface area contributed by atoms with E-state index in [1.54, 1.807) is 32.0 Å². The van der Waals surface area contributed by atoms with Gasteiger partial charge in [0.05, 0.1) is 25.1 Å². The Morgan fingerprint density at radius 1 is 1.03 bits per heavy atom. The monoisotopic (exact) mass is 541 g/mol. The molecule has 1 aromatic carbocycles. The molecule has 0 radical (unpaired) electrons. The molecule has 2 N–H and O–H groups in total. The van der Waals surface area contributed by atoms with Gasteiger partial charge in [0.2, 0.25) is 11.8 Å². The smallest absolute Gasteiger partial charge is 0.309 e. The summed E-state index contributed by atoms with van der Waals surface area (Å²) in [6.07, 6.45) is 5.87. The summed E-state index contributed by atoms with van der Waals surface area (Å²) in [6.45, 7) is 18.1. The predicted octanol–water partition coefficient (Wildman–Crippen LogP) is 5.02. The second kappa shape index (κ2) is 15.0. The predicted molar refractivity (Wildman–Crippen MR) is 159 cm³/mol. The van der Waals surface area contributed by atoms with Crippen molar-refractivity contribution >= 4 is 17.8 Å². The summed E-state index contributed by atoms with van der Waals surface area (Å²) in [5.74, 6) is -0.511. The molecule has 0 aliphatic rings. The molecule has 0 aliphatic heterocycles. The molecular weight excluding hydrogens is 490 g/mol. The maximum absolute atomic E-state index is 13.9. The molecule has 0 saturated heterocycles. The van der Waals surface area contributed by atoms with Gasteiger partial charge in [0.25, 0.3) is 0 Å². The van der Waals surface area contributed by atoms with E-state index >= 15 is 0 Å². The number of hydrogen-bond donors (Lipinski definition) is 2. The molecule has 0 spiro atoms. The number of rotatable bonds is 13. The molecule has 1 aromatic rings. The third-order valence-electron chi connectivity index (χ3n) is 7.07. The lowest BCUT2D eigenvalue weighted by molar-refractivity contribution is -0.142. The van der Waals surface area contributed by atoms with E-state index in [9.17, 15) is 14.4 Å². The van der Waals surface area contributed by atoms with Crippen LogP contribution in [0.3, 0.4) is 0 Å². The van der Waals surface area contributed by atoms with Crippen molar-refractivity contribution in [1.82, 2.24) is 15.5 Å². The van der Waals surface area contributed by atoms with Crippen LogP contribution in [0.25, 0.3) is 0 Å². The number of benzene rings is 1. The van der Waals surface area contributed by atoms with Gasteiger partial charge < -0.3 is 20.3 Å². The van der Waals surface area contributed by atoms with Crippen LogP contribution in [0.4, 0.5) is 0 Å². The van der Waals surface area contributed by atoms with E-state index in [1.807, 2.05) is 84.0 Å². The molecule has 0 aromatic heterocycles. The molecule has 7 nitrogen and oxygen atoms in total. The Bertz CT molecular complexity index is 1010. The van der Waals surface area contributed by atoms with Crippen molar-refractivity contribution in [2.75, 3.05) is 20.7 Å². The van der Waals surface area contributed by atoms with Gasteiger partial charge in [-0.2, -0.15) is 0 Å². The van der Waals surface area contributed by atoms with Crippen molar-refractivity contribution in [3.8, 4) is 0 Å². The molecule has 0 fully saturated rings.